The molecule has 2 rings (SSSR count). The first-order valence-corrected chi connectivity index (χ1v) is 9.93. The van der Waals surface area contributed by atoms with E-state index in [0.29, 0.717) is 0 Å². The summed E-state index contributed by atoms with van der Waals surface area (Å²) in [5.74, 6) is 0.885. The topological polar surface area (TPSA) is 48.1 Å². The Morgan fingerprint density at radius 3 is 2.78 bits per heavy atom. The molecule has 1 heterocycles. The van der Waals surface area contributed by atoms with Crippen LogP contribution >= 0.6 is 0 Å². The van der Waals surface area contributed by atoms with Crippen molar-refractivity contribution in [3.05, 3.63) is 53.9 Å². The van der Waals surface area contributed by atoms with Gasteiger partial charge in [0.05, 0.1) is 26.0 Å². The van der Waals surface area contributed by atoms with Crippen LogP contribution in [0, 0.1) is 0 Å². The molecular weight excluding hydrogens is 340 g/mol. The monoisotopic (exact) mass is 375 g/mol. The van der Waals surface area contributed by atoms with E-state index in [9.17, 15) is 5.11 Å². The summed E-state index contributed by atoms with van der Waals surface area (Å²) in [6, 6.07) is 12.5. The van der Waals surface area contributed by atoms with Gasteiger partial charge in [-0.05, 0) is 36.2 Å². The normalized spacial score (nSPS) is 13.5. The molecule has 0 radical (unpaired) electrons. The second kappa shape index (κ2) is 11.8. The predicted octanol–water partition coefficient (Wildman–Crippen LogP) is 2.13. The van der Waals surface area contributed by atoms with Gasteiger partial charge >= 0.3 is 0 Å². The minimum atomic E-state index is -0.241. The van der Waals surface area contributed by atoms with E-state index in [1.165, 1.54) is 16.2 Å². The molecule has 0 spiro atoms. The quantitative estimate of drug-likeness (QED) is 0.527. The molecule has 0 fully saturated rings. The Bertz CT molecular complexity index is 657. The van der Waals surface area contributed by atoms with E-state index in [1.807, 2.05) is 12.1 Å². The molecule has 1 aromatic carbocycles. The standard InChI is InChI=1S/C22H34N2O3/c1-4-8-21(25)18-23(12-7-14-26-2)17-20-10-6-13-24(20)16-19-9-5-11-22(15-19)27-3/h5-6,9-11,13,15,21,25H,4,7-8,12,14,16-18H2,1-3H3/p+1/t21-/m0/s1. The number of aliphatic hydroxyl groups is 1. The Morgan fingerprint density at radius 2 is 2.04 bits per heavy atom. The molecule has 150 valence electrons. The summed E-state index contributed by atoms with van der Waals surface area (Å²) in [5.41, 5.74) is 2.51. The van der Waals surface area contributed by atoms with Crippen LogP contribution in [0.4, 0.5) is 0 Å². The smallest absolute Gasteiger partial charge is 0.119 e. The van der Waals surface area contributed by atoms with Gasteiger partial charge in [-0.1, -0.05) is 25.5 Å². The average Bonchev–Trinajstić information content (AvgIpc) is 3.08. The second-order valence-corrected chi connectivity index (χ2v) is 7.15. The fourth-order valence-corrected chi connectivity index (χ4v) is 3.49. The molecule has 0 saturated heterocycles. The highest BCUT2D eigenvalue weighted by Crippen LogP contribution is 2.14. The average molecular weight is 376 g/mol. The molecule has 0 saturated carbocycles. The van der Waals surface area contributed by atoms with Gasteiger partial charge in [0.15, 0.2) is 0 Å². The highest BCUT2D eigenvalue weighted by molar-refractivity contribution is 5.29. The number of aliphatic hydroxyl groups excluding tert-OH is 1. The zero-order valence-corrected chi connectivity index (χ0v) is 17.0. The summed E-state index contributed by atoms with van der Waals surface area (Å²) in [5, 5.41) is 10.3. The third kappa shape index (κ3) is 7.37. The van der Waals surface area contributed by atoms with E-state index >= 15 is 0 Å². The van der Waals surface area contributed by atoms with E-state index in [4.69, 9.17) is 9.47 Å². The van der Waals surface area contributed by atoms with E-state index < -0.39 is 0 Å². The number of nitrogens with zero attached hydrogens (tertiary/aromatic N) is 1. The lowest BCUT2D eigenvalue weighted by Crippen LogP contribution is -3.12. The molecule has 5 nitrogen and oxygen atoms in total. The molecule has 0 aliphatic rings. The van der Waals surface area contributed by atoms with E-state index in [-0.39, 0.29) is 6.10 Å². The van der Waals surface area contributed by atoms with Crippen molar-refractivity contribution in [2.75, 3.05) is 33.9 Å². The summed E-state index contributed by atoms with van der Waals surface area (Å²) in [7, 11) is 3.44. The number of methoxy groups -OCH3 is 2. The molecule has 1 aromatic heterocycles. The van der Waals surface area contributed by atoms with Gasteiger partial charge in [-0.3, -0.25) is 0 Å². The lowest BCUT2D eigenvalue weighted by Gasteiger charge is -2.23. The minimum absolute atomic E-state index is 0.241. The van der Waals surface area contributed by atoms with Gasteiger partial charge in [0.2, 0.25) is 0 Å². The molecule has 2 N–H and O–H groups in total. The second-order valence-electron chi connectivity index (χ2n) is 7.15. The number of quaternary nitrogens is 1. The fraction of sp³-hybridized carbons (Fsp3) is 0.545. The molecule has 0 aliphatic carbocycles. The number of ether oxygens (including phenoxy) is 2. The van der Waals surface area contributed by atoms with Gasteiger partial charge in [-0.15, -0.1) is 0 Å². The minimum Gasteiger partial charge on any atom is -0.497 e. The zero-order valence-electron chi connectivity index (χ0n) is 17.0. The van der Waals surface area contributed by atoms with Gasteiger partial charge in [0.25, 0.3) is 0 Å². The number of hydrogen-bond acceptors (Lipinski definition) is 3. The first-order chi connectivity index (χ1) is 13.2. The van der Waals surface area contributed by atoms with E-state index in [0.717, 1.165) is 57.8 Å². The maximum atomic E-state index is 10.3. The maximum absolute atomic E-state index is 10.3. The maximum Gasteiger partial charge on any atom is 0.119 e. The molecule has 1 unspecified atom stereocenters. The molecule has 0 aliphatic heterocycles. The van der Waals surface area contributed by atoms with Crippen LogP contribution in [0.2, 0.25) is 0 Å². The van der Waals surface area contributed by atoms with Crippen LogP contribution in [-0.2, 0) is 17.8 Å². The predicted molar refractivity (Wildman–Crippen MR) is 108 cm³/mol. The van der Waals surface area contributed by atoms with Gasteiger partial charge in [-0.2, -0.15) is 0 Å². The van der Waals surface area contributed by atoms with Crippen LogP contribution in [0.3, 0.4) is 0 Å². The van der Waals surface area contributed by atoms with Crippen molar-refractivity contribution in [2.24, 2.45) is 0 Å². The number of rotatable bonds is 13. The lowest BCUT2D eigenvalue weighted by molar-refractivity contribution is -0.917. The van der Waals surface area contributed by atoms with Gasteiger partial charge in [-0.25, -0.2) is 0 Å². The first kappa shape index (κ1) is 21.5. The first-order valence-electron chi connectivity index (χ1n) is 9.93. The van der Waals surface area contributed by atoms with Gasteiger partial charge in [0, 0.05) is 26.3 Å². The van der Waals surface area contributed by atoms with Gasteiger partial charge < -0.3 is 24.0 Å². The molecule has 0 amide bonds. The van der Waals surface area contributed by atoms with Gasteiger partial charge in [0.1, 0.15) is 24.9 Å². The number of nitrogens with one attached hydrogen (secondary N) is 1. The number of hydrogen-bond donors (Lipinski definition) is 2. The van der Waals surface area contributed by atoms with Crippen LogP contribution in [0.15, 0.2) is 42.6 Å². The molecule has 27 heavy (non-hydrogen) atoms. The molecule has 2 atom stereocenters. The fourth-order valence-electron chi connectivity index (χ4n) is 3.49. The third-order valence-electron chi connectivity index (χ3n) is 4.87. The van der Waals surface area contributed by atoms with Crippen molar-refractivity contribution in [1.82, 2.24) is 4.57 Å². The van der Waals surface area contributed by atoms with Crippen molar-refractivity contribution < 1.29 is 19.5 Å². The Balaban J connectivity index is 2.04. The Kier molecular flexibility index (Phi) is 9.39. The van der Waals surface area contributed by atoms with Crippen molar-refractivity contribution in [1.29, 1.82) is 0 Å². The summed E-state index contributed by atoms with van der Waals surface area (Å²) < 4.78 is 12.8. The molecule has 2 aromatic rings. The Labute approximate surface area is 163 Å². The van der Waals surface area contributed by atoms with Crippen molar-refractivity contribution >= 4 is 0 Å². The summed E-state index contributed by atoms with van der Waals surface area (Å²) in [6.45, 7) is 6.38. The summed E-state index contributed by atoms with van der Waals surface area (Å²) in [4.78, 5) is 1.40. The van der Waals surface area contributed by atoms with E-state index in [1.54, 1.807) is 14.2 Å². The van der Waals surface area contributed by atoms with Crippen LogP contribution in [0.1, 0.15) is 37.4 Å². The third-order valence-corrected chi connectivity index (χ3v) is 4.87. The number of aromatic nitrogens is 1. The van der Waals surface area contributed by atoms with Crippen LogP contribution in [0.5, 0.6) is 5.75 Å². The zero-order chi connectivity index (χ0) is 19.5. The number of benzene rings is 1. The Hall–Kier alpha value is -1.82. The summed E-state index contributed by atoms with van der Waals surface area (Å²) >= 11 is 0. The van der Waals surface area contributed by atoms with Crippen LogP contribution < -0.4 is 9.64 Å². The highest BCUT2D eigenvalue weighted by Gasteiger charge is 2.17. The molecule has 0 bridgehead atoms. The van der Waals surface area contributed by atoms with Crippen LogP contribution in [-0.4, -0.2) is 49.7 Å². The molecular formula is C22H35N2O3+. The SMILES string of the molecule is CCC[C@H](O)C[NH+](CCCOC)Cc1cccn1Cc1cccc(OC)c1. The molecule has 5 heteroatoms. The van der Waals surface area contributed by atoms with E-state index in [2.05, 4.69) is 42.0 Å². The summed E-state index contributed by atoms with van der Waals surface area (Å²) in [6.07, 6.45) is 4.76. The van der Waals surface area contributed by atoms with Crippen molar-refractivity contribution in [3.63, 3.8) is 0 Å². The van der Waals surface area contributed by atoms with Crippen LogP contribution in [0.25, 0.3) is 0 Å². The Morgan fingerprint density at radius 1 is 1.19 bits per heavy atom. The highest BCUT2D eigenvalue weighted by atomic mass is 16.5. The van der Waals surface area contributed by atoms with Crippen molar-refractivity contribution in [2.45, 2.75) is 45.4 Å². The largest absolute Gasteiger partial charge is 0.497 e. The lowest BCUT2D eigenvalue weighted by atomic mass is 10.2. The van der Waals surface area contributed by atoms with Crippen molar-refractivity contribution in [3.8, 4) is 5.75 Å².